The third-order valence-corrected chi connectivity index (χ3v) is 5.43. The molecule has 1 aliphatic heterocycles. The number of nitrogens with one attached hydrogen (secondary N) is 1. The summed E-state index contributed by atoms with van der Waals surface area (Å²) in [6.45, 7) is 1.53. The molecule has 2 atom stereocenters. The molecule has 5 heterocycles. The minimum absolute atomic E-state index is 0.104. The Labute approximate surface area is 192 Å². The zero-order chi connectivity index (χ0) is 23.9. The number of carbonyl (C=O) groups is 2. The van der Waals surface area contributed by atoms with E-state index in [2.05, 4.69) is 25.5 Å². The fourth-order valence-electron chi connectivity index (χ4n) is 3.61. The van der Waals surface area contributed by atoms with E-state index in [1.165, 1.54) is 24.1 Å². The topological polar surface area (TPSA) is 175 Å². The van der Waals surface area contributed by atoms with E-state index >= 15 is 0 Å². The van der Waals surface area contributed by atoms with Crippen molar-refractivity contribution in [2.75, 3.05) is 29.1 Å². The second-order valence-electron chi connectivity index (χ2n) is 7.80. The number of nitrogens with two attached hydrogens (primary N) is 1. The molecule has 0 radical (unpaired) electrons. The molecule has 1 fully saturated rings. The normalized spacial score (nSPS) is 18.1. The zero-order valence-corrected chi connectivity index (χ0v) is 18.0. The Morgan fingerprint density at radius 2 is 2.12 bits per heavy atom. The molecule has 0 spiro atoms. The zero-order valence-electron chi connectivity index (χ0n) is 18.0. The number of aromatic nitrogens is 5. The standard InChI is InChI=1S/C21H20N8O5/c1-21(32,20(31)25-12-10-14-16(24-11-12)18(22)27-34-14)17-19(30)28(8-9-33-17)15-4-7-29(26-15)13-2-5-23-6-3-13/h2-7,10-11,17,32H,8-9H2,1H3,(H2,22,27)(H,25,31). The quantitative estimate of drug-likeness (QED) is 0.377. The van der Waals surface area contributed by atoms with Gasteiger partial charge in [0, 0.05) is 30.7 Å². The molecule has 4 aromatic rings. The Morgan fingerprint density at radius 3 is 2.91 bits per heavy atom. The molecular weight excluding hydrogens is 444 g/mol. The highest BCUT2D eigenvalue weighted by Crippen LogP contribution is 2.26. The summed E-state index contributed by atoms with van der Waals surface area (Å²) in [7, 11) is 0. The summed E-state index contributed by atoms with van der Waals surface area (Å²) in [4.78, 5) is 35.6. The number of amides is 2. The van der Waals surface area contributed by atoms with Crippen LogP contribution in [0.25, 0.3) is 16.8 Å². The van der Waals surface area contributed by atoms with Gasteiger partial charge in [0.2, 0.25) is 0 Å². The van der Waals surface area contributed by atoms with Crippen LogP contribution >= 0.6 is 0 Å². The molecule has 0 saturated carbocycles. The minimum atomic E-state index is -2.20. The summed E-state index contributed by atoms with van der Waals surface area (Å²) in [5.74, 6) is -0.969. The summed E-state index contributed by atoms with van der Waals surface area (Å²) in [6.07, 6.45) is 4.85. The van der Waals surface area contributed by atoms with Crippen LogP contribution in [0.3, 0.4) is 0 Å². The predicted molar refractivity (Wildman–Crippen MR) is 119 cm³/mol. The highest BCUT2D eigenvalue weighted by molar-refractivity contribution is 6.06. The van der Waals surface area contributed by atoms with E-state index in [1.54, 1.807) is 41.5 Å². The summed E-state index contributed by atoms with van der Waals surface area (Å²) in [6, 6.07) is 6.67. The lowest BCUT2D eigenvalue weighted by atomic mass is 9.95. The number of morpholine rings is 1. The van der Waals surface area contributed by atoms with Gasteiger partial charge in [-0.05, 0) is 19.1 Å². The van der Waals surface area contributed by atoms with E-state index in [0.29, 0.717) is 11.3 Å². The maximum atomic E-state index is 13.2. The lowest BCUT2D eigenvalue weighted by Gasteiger charge is -2.37. The average molecular weight is 464 g/mol. The van der Waals surface area contributed by atoms with Crippen molar-refractivity contribution < 1.29 is 24.0 Å². The molecule has 174 valence electrons. The van der Waals surface area contributed by atoms with Crippen LogP contribution in [0.15, 0.2) is 53.6 Å². The predicted octanol–water partition coefficient (Wildman–Crippen LogP) is 0.507. The summed E-state index contributed by atoms with van der Waals surface area (Å²) >= 11 is 0. The van der Waals surface area contributed by atoms with Crippen LogP contribution in [0.1, 0.15) is 6.92 Å². The maximum absolute atomic E-state index is 13.2. The molecule has 13 nitrogen and oxygen atoms in total. The number of anilines is 3. The number of hydrogen-bond donors (Lipinski definition) is 3. The Hall–Kier alpha value is -4.36. The molecule has 0 bridgehead atoms. The van der Waals surface area contributed by atoms with Crippen molar-refractivity contribution in [3.8, 4) is 5.69 Å². The van der Waals surface area contributed by atoms with Crippen LogP contribution in [0.4, 0.5) is 17.3 Å². The van der Waals surface area contributed by atoms with E-state index < -0.39 is 23.5 Å². The fraction of sp³-hybridized carbons (Fsp3) is 0.238. The molecule has 0 aromatic carbocycles. The number of aliphatic hydroxyl groups is 1. The van der Waals surface area contributed by atoms with Crippen LogP contribution in [0, 0.1) is 0 Å². The number of nitrogens with zero attached hydrogens (tertiary/aromatic N) is 6. The molecule has 5 rings (SSSR count). The fourth-order valence-corrected chi connectivity index (χ4v) is 3.61. The molecule has 13 heteroatoms. The van der Waals surface area contributed by atoms with E-state index in [-0.39, 0.29) is 30.2 Å². The van der Waals surface area contributed by atoms with Gasteiger partial charge in [-0.15, -0.1) is 5.10 Å². The number of nitrogen functional groups attached to an aromatic ring is 1. The third-order valence-electron chi connectivity index (χ3n) is 5.43. The van der Waals surface area contributed by atoms with Crippen molar-refractivity contribution >= 4 is 40.2 Å². The summed E-state index contributed by atoms with van der Waals surface area (Å²) < 4.78 is 12.2. The number of rotatable bonds is 5. The van der Waals surface area contributed by atoms with Gasteiger partial charge in [-0.25, -0.2) is 9.67 Å². The van der Waals surface area contributed by atoms with E-state index in [4.69, 9.17) is 15.0 Å². The van der Waals surface area contributed by atoms with Gasteiger partial charge < -0.3 is 25.4 Å². The van der Waals surface area contributed by atoms with Crippen LogP contribution in [0.5, 0.6) is 0 Å². The molecular formula is C21H20N8O5. The van der Waals surface area contributed by atoms with Crippen LogP contribution in [0.2, 0.25) is 0 Å². The van der Waals surface area contributed by atoms with Crippen molar-refractivity contribution in [1.82, 2.24) is 24.9 Å². The van der Waals surface area contributed by atoms with E-state index in [9.17, 15) is 14.7 Å². The van der Waals surface area contributed by atoms with Crippen molar-refractivity contribution in [2.24, 2.45) is 0 Å². The molecule has 2 unspecified atom stereocenters. The lowest BCUT2D eigenvalue weighted by molar-refractivity contribution is -0.165. The number of carbonyl (C=O) groups excluding carboxylic acids is 2. The van der Waals surface area contributed by atoms with Crippen LogP contribution in [-0.2, 0) is 14.3 Å². The minimum Gasteiger partial charge on any atom is -0.379 e. The number of fused-ring (bicyclic) bond motifs is 1. The smallest absolute Gasteiger partial charge is 0.260 e. The molecule has 4 aromatic heterocycles. The monoisotopic (exact) mass is 464 g/mol. The molecule has 1 saturated heterocycles. The van der Waals surface area contributed by atoms with E-state index in [1.807, 2.05) is 0 Å². The highest BCUT2D eigenvalue weighted by atomic mass is 16.5. The van der Waals surface area contributed by atoms with E-state index in [0.717, 1.165) is 5.69 Å². The van der Waals surface area contributed by atoms with Gasteiger partial charge in [0.15, 0.2) is 34.4 Å². The van der Waals surface area contributed by atoms with Crippen molar-refractivity contribution in [3.05, 3.63) is 49.1 Å². The van der Waals surface area contributed by atoms with Gasteiger partial charge >= 0.3 is 0 Å². The third kappa shape index (κ3) is 3.72. The first-order valence-corrected chi connectivity index (χ1v) is 10.3. The second-order valence-corrected chi connectivity index (χ2v) is 7.80. The maximum Gasteiger partial charge on any atom is 0.260 e. The first kappa shape index (κ1) is 21.5. The van der Waals surface area contributed by atoms with Gasteiger partial charge in [-0.3, -0.25) is 19.5 Å². The largest absolute Gasteiger partial charge is 0.379 e. The van der Waals surface area contributed by atoms with Gasteiger partial charge in [-0.2, -0.15) is 0 Å². The second kappa shape index (κ2) is 8.20. The van der Waals surface area contributed by atoms with Crippen LogP contribution < -0.4 is 16.0 Å². The Bertz CT molecular complexity index is 1370. The summed E-state index contributed by atoms with van der Waals surface area (Å²) in [5, 5.41) is 21.6. The number of hydrogen-bond acceptors (Lipinski definition) is 10. The first-order valence-electron chi connectivity index (χ1n) is 10.3. The lowest BCUT2D eigenvalue weighted by Crippen LogP contribution is -2.61. The van der Waals surface area contributed by atoms with Crippen molar-refractivity contribution in [2.45, 2.75) is 18.6 Å². The summed E-state index contributed by atoms with van der Waals surface area (Å²) in [5.41, 5.74) is 5.05. The van der Waals surface area contributed by atoms with Gasteiger partial charge in [0.25, 0.3) is 11.8 Å². The molecule has 0 aliphatic carbocycles. The molecule has 34 heavy (non-hydrogen) atoms. The number of pyridine rings is 2. The average Bonchev–Trinajstić information content (AvgIpc) is 3.47. The molecule has 4 N–H and O–H groups in total. The molecule has 2 amide bonds. The van der Waals surface area contributed by atoms with Crippen LogP contribution in [-0.4, -0.2) is 66.7 Å². The van der Waals surface area contributed by atoms with Gasteiger partial charge in [-0.1, -0.05) is 5.16 Å². The Morgan fingerprint density at radius 1 is 1.32 bits per heavy atom. The Balaban J connectivity index is 1.34. The SMILES string of the molecule is CC(O)(C(=O)Nc1cnc2c(N)noc2c1)C1OCCN(c2ccn(-c3ccncc3)n2)C1=O. The van der Waals surface area contributed by atoms with Crippen molar-refractivity contribution in [3.63, 3.8) is 0 Å². The van der Waals surface area contributed by atoms with Gasteiger partial charge in [0.1, 0.15) is 0 Å². The number of ether oxygens (including phenoxy) is 1. The molecule has 1 aliphatic rings. The highest BCUT2D eigenvalue weighted by Gasteiger charge is 2.49. The van der Waals surface area contributed by atoms with Crippen molar-refractivity contribution in [1.29, 1.82) is 0 Å². The Kier molecular flexibility index (Phi) is 5.18. The van der Waals surface area contributed by atoms with Gasteiger partial charge in [0.05, 0.1) is 30.7 Å². The first-order chi connectivity index (χ1) is 16.3.